The van der Waals surface area contributed by atoms with Gasteiger partial charge in [0.25, 0.3) is 0 Å². The molecule has 2 heteroatoms. The highest BCUT2D eigenvalue weighted by atomic mass is 127. The Morgan fingerprint density at radius 1 is 1.75 bits per heavy atom. The molecule has 8 heavy (non-hydrogen) atoms. The molecule has 1 fully saturated rings. The van der Waals surface area contributed by atoms with Gasteiger partial charge in [0.15, 0.2) is 0 Å². The topological polar surface area (TPSA) is 3.24 Å². The molecule has 0 radical (unpaired) electrons. The van der Waals surface area contributed by atoms with Crippen molar-refractivity contribution in [2.24, 2.45) is 0 Å². The van der Waals surface area contributed by atoms with Gasteiger partial charge in [-0.1, -0.05) is 22.6 Å². The monoisotopic (exact) mass is 225 g/mol. The molecule has 0 aromatic carbocycles. The summed E-state index contributed by atoms with van der Waals surface area (Å²) in [5.74, 6) is 0. The molecule has 0 N–H and O–H groups in total. The van der Waals surface area contributed by atoms with E-state index < -0.39 is 0 Å². The average Bonchev–Trinajstić information content (AvgIpc) is 2.14. The second-order valence-electron chi connectivity index (χ2n) is 2.43. The first-order valence-corrected chi connectivity index (χ1v) is 4.63. The minimum Gasteiger partial charge on any atom is -0.303 e. The van der Waals surface area contributed by atoms with Crippen LogP contribution in [0.3, 0.4) is 0 Å². The number of rotatable bonds is 1. The molecule has 1 heterocycles. The van der Waals surface area contributed by atoms with Gasteiger partial charge in [-0.25, -0.2) is 0 Å². The summed E-state index contributed by atoms with van der Waals surface area (Å²) in [5.41, 5.74) is 0. The smallest absolute Gasteiger partial charge is 0.0182 e. The summed E-state index contributed by atoms with van der Waals surface area (Å²) in [6.45, 7) is 1.31. The molecule has 0 aliphatic carbocycles. The zero-order chi connectivity index (χ0) is 5.98. The fourth-order valence-corrected chi connectivity index (χ4v) is 2.29. The molecular formula is C6H12IN. The lowest BCUT2D eigenvalue weighted by molar-refractivity contribution is 0.338. The van der Waals surface area contributed by atoms with Crippen LogP contribution in [0.4, 0.5) is 0 Å². The quantitative estimate of drug-likeness (QED) is 0.483. The van der Waals surface area contributed by atoms with E-state index in [1.807, 2.05) is 0 Å². The number of hydrogen-bond donors (Lipinski definition) is 0. The van der Waals surface area contributed by atoms with Crippen LogP contribution >= 0.6 is 22.6 Å². The highest BCUT2D eigenvalue weighted by Gasteiger charge is 2.18. The number of halogens is 1. The van der Waals surface area contributed by atoms with Crippen LogP contribution in [0, 0.1) is 0 Å². The largest absolute Gasteiger partial charge is 0.303 e. The minimum absolute atomic E-state index is 0.885. The van der Waals surface area contributed by atoms with Crippen molar-refractivity contribution in [1.29, 1.82) is 0 Å². The van der Waals surface area contributed by atoms with E-state index in [2.05, 4.69) is 34.5 Å². The van der Waals surface area contributed by atoms with Crippen molar-refractivity contribution in [3.8, 4) is 0 Å². The molecule has 0 bridgehead atoms. The van der Waals surface area contributed by atoms with E-state index >= 15 is 0 Å². The first kappa shape index (κ1) is 6.81. The summed E-state index contributed by atoms with van der Waals surface area (Å²) in [5, 5.41) is 0. The average molecular weight is 225 g/mol. The van der Waals surface area contributed by atoms with Crippen molar-refractivity contribution in [2.75, 3.05) is 18.0 Å². The Morgan fingerprint density at radius 3 is 2.75 bits per heavy atom. The molecular weight excluding hydrogens is 213 g/mol. The van der Waals surface area contributed by atoms with Crippen LogP contribution in [-0.2, 0) is 0 Å². The standard InChI is InChI=1S/C6H12IN/c1-8-4-2-3-6(8)5-7/h6H,2-5H2,1H3/t6-/m0/s1. The third-order valence-corrected chi connectivity index (χ3v) is 2.87. The van der Waals surface area contributed by atoms with E-state index in [-0.39, 0.29) is 0 Å². The Balaban J connectivity index is 2.30. The second kappa shape index (κ2) is 3.01. The zero-order valence-electron chi connectivity index (χ0n) is 5.23. The summed E-state index contributed by atoms with van der Waals surface area (Å²) in [4.78, 5) is 2.45. The summed E-state index contributed by atoms with van der Waals surface area (Å²) < 4.78 is 1.30. The van der Waals surface area contributed by atoms with Crippen LogP contribution in [0.2, 0.25) is 0 Å². The Hall–Kier alpha value is 0.690. The van der Waals surface area contributed by atoms with Crippen LogP contribution < -0.4 is 0 Å². The van der Waals surface area contributed by atoms with Crippen LogP contribution in [0.25, 0.3) is 0 Å². The van der Waals surface area contributed by atoms with Gasteiger partial charge in [0, 0.05) is 10.5 Å². The molecule has 1 aliphatic heterocycles. The van der Waals surface area contributed by atoms with Crippen molar-refractivity contribution in [3.63, 3.8) is 0 Å². The molecule has 0 unspecified atom stereocenters. The van der Waals surface area contributed by atoms with Gasteiger partial charge in [0.1, 0.15) is 0 Å². The number of likely N-dealkylation sites (tertiary alicyclic amines) is 1. The van der Waals surface area contributed by atoms with E-state index in [9.17, 15) is 0 Å². The SMILES string of the molecule is CN1CCC[C@H]1CI. The van der Waals surface area contributed by atoms with Crippen molar-refractivity contribution >= 4 is 22.6 Å². The van der Waals surface area contributed by atoms with E-state index in [0.29, 0.717) is 0 Å². The first-order chi connectivity index (χ1) is 3.84. The summed E-state index contributed by atoms with van der Waals surface area (Å²) in [7, 11) is 2.22. The van der Waals surface area contributed by atoms with E-state index in [4.69, 9.17) is 0 Å². The normalized spacial score (nSPS) is 31.5. The molecule has 0 spiro atoms. The highest BCUT2D eigenvalue weighted by molar-refractivity contribution is 14.1. The van der Waals surface area contributed by atoms with E-state index in [0.717, 1.165) is 6.04 Å². The summed E-state index contributed by atoms with van der Waals surface area (Å²) >= 11 is 2.46. The van der Waals surface area contributed by atoms with Crippen molar-refractivity contribution in [2.45, 2.75) is 18.9 Å². The molecule has 0 aromatic heterocycles. The van der Waals surface area contributed by atoms with Crippen molar-refractivity contribution in [1.82, 2.24) is 4.90 Å². The Bertz CT molecular complexity index is 74.9. The lowest BCUT2D eigenvalue weighted by Crippen LogP contribution is -2.25. The van der Waals surface area contributed by atoms with Gasteiger partial charge in [-0.2, -0.15) is 0 Å². The van der Waals surface area contributed by atoms with Gasteiger partial charge >= 0.3 is 0 Å². The van der Waals surface area contributed by atoms with Gasteiger partial charge in [-0.05, 0) is 26.4 Å². The maximum absolute atomic E-state index is 2.46. The predicted octanol–water partition coefficient (Wildman–Crippen LogP) is 1.52. The molecule has 0 saturated carbocycles. The molecule has 1 rings (SSSR count). The van der Waals surface area contributed by atoms with E-state index in [1.54, 1.807) is 0 Å². The predicted molar refractivity (Wildman–Crippen MR) is 44.5 cm³/mol. The molecule has 48 valence electrons. The van der Waals surface area contributed by atoms with E-state index in [1.165, 1.54) is 23.8 Å². The van der Waals surface area contributed by atoms with Crippen LogP contribution in [0.5, 0.6) is 0 Å². The third kappa shape index (κ3) is 1.35. The molecule has 0 aromatic rings. The van der Waals surface area contributed by atoms with Crippen molar-refractivity contribution < 1.29 is 0 Å². The molecule has 0 amide bonds. The van der Waals surface area contributed by atoms with Gasteiger partial charge < -0.3 is 4.90 Å². The fourth-order valence-electron chi connectivity index (χ4n) is 1.17. The fraction of sp³-hybridized carbons (Fsp3) is 1.00. The summed E-state index contributed by atoms with van der Waals surface area (Å²) in [6, 6.07) is 0.885. The lowest BCUT2D eigenvalue weighted by Gasteiger charge is -2.15. The minimum atomic E-state index is 0.885. The molecule has 1 saturated heterocycles. The lowest BCUT2D eigenvalue weighted by atomic mass is 10.2. The Kier molecular flexibility index (Phi) is 2.56. The molecule has 1 aliphatic rings. The zero-order valence-corrected chi connectivity index (χ0v) is 7.39. The molecule has 1 nitrogen and oxygen atoms in total. The number of alkyl halides is 1. The van der Waals surface area contributed by atoms with Gasteiger partial charge in [0.05, 0.1) is 0 Å². The van der Waals surface area contributed by atoms with Crippen LogP contribution in [0.1, 0.15) is 12.8 Å². The number of nitrogens with zero attached hydrogens (tertiary/aromatic N) is 1. The molecule has 1 atom stereocenters. The Morgan fingerprint density at radius 2 is 2.50 bits per heavy atom. The first-order valence-electron chi connectivity index (χ1n) is 3.11. The summed E-state index contributed by atoms with van der Waals surface area (Å²) in [6.07, 6.45) is 2.82. The van der Waals surface area contributed by atoms with Crippen LogP contribution in [0.15, 0.2) is 0 Å². The van der Waals surface area contributed by atoms with Crippen molar-refractivity contribution in [3.05, 3.63) is 0 Å². The maximum Gasteiger partial charge on any atom is 0.0182 e. The highest BCUT2D eigenvalue weighted by Crippen LogP contribution is 2.15. The third-order valence-electron chi connectivity index (χ3n) is 1.85. The van der Waals surface area contributed by atoms with Gasteiger partial charge in [0.2, 0.25) is 0 Å². The maximum atomic E-state index is 2.46. The Labute approximate surface area is 64.6 Å². The van der Waals surface area contributed by atoms with Crippen LogP contribution in [-0.4, -0.2) is 29.0 Å². The number of hydrogen-bond acceptors (Lipinski definition) is 1. The van der Waals surface area contributed by atoms with Gasteiger partial charge in [-0.15, -0.1) is 0 Å². The second-order valence-corrected chi connectivity index (χ2v) is 3.31. The van der Waals surface area contributed by atoms with Gasteiger partial charge in [-0.3, -0.25) is 0 Å².